The standard InChI is InChI=1S/C26H30N6O2/c1-18-8-10-20(11-9-18)16-28-25(34)21-5-4-14-32(17-21)24-12-13-27-26(31-24)30-23-7-3-6-22(15-23)29-19(2)33/h3,6-13,15,21H,4-5,14,16-17H2,1-2H3,(H,28,34)(H,29,33)(H,27,30,31)/t21-/m0/s1. The van der Waals surface area contributed by atoms with Gasteiger partial charge in [0.15, 0.2) is 0 Å². The van der Waals surface area contributed by atoms with Gasteiger partial charge in [-0.3, -0.25) is 9.59 Å². The van der Waals surface area contributed by atoms with E-state index in [2.05, 4.69) is 49.9 Å². The Balaban J connectivity index is 1.37. The third kappa shape index (κ3) is 6.31. The fourth-order valence-corrected chi connectivity index (χ4v) is 4.03. The van der Waals surface area contributed by atoms with Gasteiger partial charge in [0.1, 0.15) is 5.82 Å². The van der Waals surface area contributed by atoms with Gasteiger partial charge >= 0.3 is 0 Å². The molecule has 1 aromatic heterocycles. The molecule has 34 heavy (non-hydrogen) atoms. The lowest BCUT2D eigenvalue weighted by Gasteiger charge is -2.33. The Morgan fingerprint density at radius 3 is 2.68 bits per heavy atom. The predicted octanol–water partition coefficient (Wildman–Crippen LogP) is 4.02. The number of aryl methyl sites for hydroxylation is 1. The van der Waals surface area contributed by atoms with Crippen molar-refractivity contribution in [1.82, 2.24) is 15.3 Å². The number of carbonyl (C=O) groups is 2. The van der Waals surface area contributed by atoms with E-state index >= 15 is 0 Å². The Labute approximate surface area is 199 Å². The molecular weight excluding hydrogens is 428 g/mol. The normalized spacial score (nSPS) is 15.5. The molecule has 2 amide bonds. The topological polar surface area (TPSA) is 99.3 Å². The maximum atomic E-state index is 12.8. The lowest BCUT2D eigenvalue weighted by molar-refractivity contribution is -0.125. The number of nitrogens with one attached hydrogen (secondary N) is 3. The predicted molar refractivity (Wildman–Crippen MR) is 134 cm³/mol. The second-order valence-electron chi connectivity index (χ2n) is 8.61. The van der Waals surface area contributed by atoms with Crippen molar-refractivity contribution < 1.29 is 9.59 Å². The number of amides is 2. The first-order valence-electron chi connectivity index (χ1n) is 11.5. The fraction of sp³-hybridized carbons (Fsp3) is 0.308. The highest BCUT2D eigenvalue weighted by molar-refractivity contribution is 5.89. The van der Waals surface area contributed by atoms with E-state index in [9.17, 15) is 9.59 Å². The van der Waals surface area contributed by atoms with Crippen LogP contribution >= 0.6 is 0 Å². The molecule has 1 aliphatic rings. The molecule has 0 aliphatic carbocycles. The Morgan fingerprint density at radius 1 is 1.09 bits per heavy atom. The molecule has 8 nitrogen and oxygen atoms in total. The van der Waals surface area contributed by atoms with Gasteiger partial charge in [-0.2, -0.15) is 4.98 Å². The summed E-state index contributed by atoms with van der Waals surface area (Å²) >= 11 is 0. The second-order valence-corrected chi connectivity index (χ2v) is 8.61. The van der Waals surface area contributed by atoms with Crippen molar-refractivity contribution in [2.75, 3.05) is 28.6 Å². The highest BCUT2D eigenvalue weighted by Gasteiger charge is 2.26. The highest BCUT2D eigenvalue weighted by atomic mass is 16.2. The molecule has 3 aromatic rings. The van der Waals surface area contributed by atoms with E-state index < -0.39 is 0 Å². The van der Waals surface area contributed by atoms with Crippen LogP contribution in [0.25, 0.3) is 0 Å². The third-order valence-corrected chi connectivity index (χ3v) is 5.78. The molecule has 1 fully saturated rings. The number of anilines is 4. The van der Waals surface area contributed by atoms with Gasteiger partial charge in [-0.05, 0) is 49.6 Å². The number of piperidine rings is 1. The van der Waals surface area contributed by atoms with E-state index in [1.165, 1.54) is 12.5 Å². The summed E-state index contributed by atoms with van der Waals surface area (Å²) in [4.78, 5) is 35.3. The van der Waals surface area contributed by atoms with Gasteiger partial charge in [-0.25, -0.2) is 4.98 Å². The lowest BCUT2D eigenvalue weighted by Crippen LogP contribution is -2.43. The van der Waals surface area contributed by atoms with Crippen LogP contribution in [0, 0.1) is 12.8 Å². The maximum Gasteiger partial charge on any atom is 0.229 e. The summed E-state index contributed by atoms with van der Waals surface area (Å²) in [5.41, 5.74) is 3.78. The van der Waals surface area contributed by atoms with Gasteiger partial charge in [0.05, 0.1) is 5.92 Å². The zero-order valence-corrected chi connectivity index (χ0v) is 19.5. The van der Waals surface area contributed by atoms with E-state index in [1.807, 2.05) is 42.5 Å². The number of carbonyl (C=O) groups excluding carboxylic acids is 2. The number of hydrogen-bond acceptors (Lipinski definition) is 6. The van der Waals surface area contributed by atoms with E-state index in [0.717, 1.165) is 36.5 Å². The van der Waals surface area contributed by atoms with Crippen LogP contribution in [0.15, 0.2) is 60.8 Å². The average Bonchev–Trinajstić information content (AvgIpc) is 2.83. The molecule has 176 valence electrons. The molecule has 0 spiro atoms. The summed E-state index contributed by atoms with van der Waals surface area (Å²) < 4.78 is 0. The number of aromatic nitrogens is 2. The van der Waals surface area contributed by atoms with Crippen molar-refractivity contribution in [3.63, 3.8) is 0 Å². The second kappa shape index (κ2) is 10.8. The van der Waals surface area contributed by atoms with Crippen LogP contribution in [0.1, 0.15) is 30.9 Å². The molecule has 0 saturated carbocycles. The molecule has 3 N–H and O–H groups in total. The summed E-state index contributed by atoms with van der Waals surface area (Å²) in [5, 5.41) is 9.04. The molecule has 1 atom stereocenters. The largest absolute Gasteiger partial charge is 0.356 e. The monoisotopic (exact) mass is 458 g/mol. The van der Waals surface area contributed by atoms with Crippen LogP contribution in [-0.4, -0.2) is 34.9 Å². The molecule has 0 bridgehead atoms. The van der Waals surface area contributed by atoms with E-state index in [0.29, 0.717) is 24.7 Å². The first kappa shape index (κ1) is 23.2. The number of benzene rings is 2. The maximum absolute atomic E-state index is 12.8. The molecule has 0 radical (unpaired) electrons. The van der Waals surface area contributed by atoms with Gasteiger partial charge in [-0.15, -0.1) is 0 Å². The lowest BCUT2D eigenvalue weighted by atomic mass is 9.97. The van der Waals surface area contributed by atoms with Gasteiger partial charge in [-0.1, -0.05) is 35.9 Å². The molecule has 2 heterocycles. The van der Waals surface area contributed by atoms with Gasteiger partial charge in [0, 0.05) is 44.1 Å². The Kier molecular flexibility index (Phi) is 7.37. The van der Waals surface area contributed by atoms with Crippen molar-refractivity contribution in [3.8, 4) is 0 Å². The zero-order chi connectivity index (χ0) is 23.9. The van der Waals surface area contributed by atoms with Crippen LogP contribution in [0.4, 0.5) is 23.1 Å². The van der Waals surface area contributed by atoms with E-state index in [-0.39, 0.29) is 17.7 Å². The van der Waals surface area contributed by atoms with Crippen molar-refractivity contribution in [1.29, 1.82) is 0 Å². The minimum Gasteiger partial charge on any atom is -0.356 e. The smallest absolute Gasteiger partial charge is 0.229 e. The molecule has 2 aromatic carbocycles. The molecule has 1 saturated heterocycles. The quantitative estimate of drug-likeness (QED) is 0.495. The molecule has 8 heteroatoms. The number of rotatable bonds is 7. The van der Waals surface area contributed by atoms with E-state index in [4.69, 9.17) is 0 Å². The van der Waals surface area contributed by atoms with Crippen molar-refractivity contribution >= 4 is 35.0 Å². The van der Waals surface area contributed by atoms with Crippen LogP contribution in [0.2, 0.25) is 0 Å². The molecular formula is C26H30N6O2. The Hall–Kier alpha value is -3.94. The summed E-state index contributed by atoms with van der Waals surface area (Å²) in [7, 11) is 0. The number of nitrogens with zero attached hydrogens (tertiary/aromatic N) is 3. The fourth-order valence-electron chi connectivity index (χ4n) is 4.03. The highest BCUT2D eigenvalue weighted by Crippen LogP contribution is 2.24. The summed E-state index contributed by atoms with van der Waals surface area (Å²) in [6.45, 7) is 5.52. The Morgan fingerprint density at radius 2 is 1.88 bits per heavy atom. The van der Waals surface area contributed by atoms with Crippen LogP contribution in [0.3, 0.4) is 0 Å². The molecule has 0 unspecified atom stereocenters. The minimum absolute atomic E-state index is 0.0764. The van der Waals surface area contributed by atoms with Crippen molar-refractivity contribution in [2.24, 2.45) is 5.92 Å². The van der Waals surface area contributed by atoms with Crippen LogP contribution < -0.4 is 20.9 Å². The molecule has 4 rings (SSSR count). The molecule has 1 aliphatic heterocycles. The summed E-state index contributed by atoms with van der Waals surface area (Å²) in [5.74, 6) is 1.11. The summed E-state index contributed by atoms with van der Waals surface area (Å²) in [6.07, 6.45) is 3.50. The number of hydrogen-bond donors (Lipinski definition) is 3. The van der Waals surface area contributed by atoms with Crippen LogP contribution in [0.5, 0.6) is 0 Å². The van der Waals surface area contributed by atoms with Crippen molar-refractivity contribution in [3.05, 3.63) is 71.9 Å². The van der Waals surface area contributed by atoms with Crippen molar-refractivity contribution in [2.45, 2.75) is 33.2 Å². The minimum atomic E-state index is -0.127. The third-order valence-electron chi connectivity index (χ3n) is 5.78. The SMILES string of the molecule is CC(=O)Nc1cccc(Nc2nccc(N3CCC[C@H](C(=O)NCc4ccc(C)cc4)C3)n2)c1. The first-order chi connectivity index (χ1) is 16.5. The van der Waals surface area contributed by atoms with Gasteiger partial charge in [0.2, 0.25) is 17.8 Å². The summed E-state index contributed by atoms with van der Waals surface area (Å²) in [6, 6.07) is 17.5. The van der Waals surface area contributed by atoms with E-state index in [1.54, 1.807) is 6.20 Å². The Bertz CT molecular complexity index is 1150. The van der Waals surface area contributed by atoms with Gasteiger partial charge < -0.3 is 20.9 Å². The van der Waals surface area contributed by atoms with Gasteiger partial charge in [0.25, 0.3) is 0 Å². The zero-order valence-electron chi connectivity index (χ0n) is 19.5. The van der Waals surface area contributed by atoms with Crippen LogP contribution in [-0.2, 0) is 16.1 Å². The first-order valence-corrected chi connectivity index (χ1v) is 11.5. The average molecular weight is 459 g/mol.